The monoisotopic (exact) mass is 406 g/mol. The summed E-state index contributed by atoms with van der Waals surface area (Å²) in [5, 5.41) is 0. The Bertz CT molecular complexity index is 803. The Kier molecular flexibility index (Phi) is 3.90. The summed E-state index contributed by atoms with van der Waals surface area (Å²) in [5.74, 6) is -2.20. The maximum absolute atomic E-state index is 12.7. The number of carbonyl (C=O) groups is 6. The molecular formula is C17H22N6O6. The molecule has 0 aromatic heterocycles. The lowest BCUT2D eigenvalue weighted by atomic mass is 10.1. The maximum Gasteiger partial charge on any atom is 0.222 e. The molecule has 0 aliphatic carbocycles. The third-order valence-electron chi connectivity index (χ3n) is 6.20. The van der Waals surface area contributed by atoms with Crippen molar-refractivity contribution in [2.24, 2.45) is 0 Å². The smallest absolute Gasteiger partial charge is 0.222 e. The van der Waals surface area contributed by atoms with E-state index in [0.29, 0.717) is 6.41 Å². The van der Waals surface area contributed by atoms with Crippen molar-refractivity contribution in [1.29, 1.82) is 0 Å². The van der Waals surface area contributed by atoms with E-state index in [1.807, 2.05) is 0 Å². The highest BCUT2D eigenvalue weighted by atomic mass is 16.2. The van der Waals surface area contributed by atoms with Crippen LogP contribution in [0.25, 0.3) is 0 Å². The number of nitrogens with zero attached hydrogens (tertiary/aromatic N) is 6. The molecule has 0 radical (unpaired) electrons. The highest BCUT2D eigenvalue weighted by Crippen LogP contribution is 2.51. The third-order valence-corrected chi connectivity index (χ3v) is 6.20. The van der Waals surface area contributed by atoms with E-state index in [0.717, 1.165) is 0 Å². The van der Waals surface area contributed by atoms with Gasteiger partial charge in [0, 0.05) is 34.6 Å². The standard InChI is InChI=1S/C17H22N6O6/c1-7(25)19-12-14-21(9(3)27)15-13(18(12)6-24)20(8(2)26)17(23(15)11(5)29)16(19)22(14)10(4)28/h6,12-17H,1-5H3/t12-,13+,14+,15-,16+,17-. The fraction of sp³-hybridized carbons (Fsp3) is 0.647. The second-order valence-electron chi connectivity index (χ2n) is 7.67. The topological polar surface area (TPSA) is 122 Å². The van der Waals surface area contributed by atoms with Crippen molar-refractivity contribution < 1.29 is 28.8 Å². The molecule has 6 bridgehead atoms. The van der Waals surface area contributed by atoms with Gasteiger partial charge in [0.1, 0.15) is 0 Å². The molecule has 0 aromatic rings. The zero-order chi connectivity index (χ0) is 21.5. The maximum atomic E-state index is 12.7. The summed E-state index contributed by atoms with van der Waals surface area (Å²) in [6.07, 6.45) is -5.34. The van der Waals surface area contributed by atoms with Crippen LogP contribution >= 0.6 is 0 Å². The van der Waals surface area contributed by atoms with Gasteiger partial charge in [-0.25, -0.2) is 0 Å². The summed E-state index contributed by atoms with van der Waals surface area (Å²) in [5.41, 5.74) is 0. The summed E-state index contributed by atoms with van der Waals surface area (Å²) in [4.78, 5) is 83.4. The predicted molar refractivity (Wildman–Crippen MR) is 93.2 cm³/mol. The summed E-state index contributed by atoms with van der Waals surface area (Å²) < 4.78 is 0. The fourth-order valence-electron chi connectivity index (χ4n) is 5.49. The van der Waals surface area contributed by atoms with Crippen molar-refractivity contribution in [3.63, 3.8) is 0 Å². The molecule has 12 nitrogen and oxygen atoms in total. The number of hydrogen-bond donors (Lipinski definition) is 0. The Morgan fingerprint density at radius 1 is 0.483 bits per heavy atom. The Morgan fingerprint density at radius 2 is 0.690 bits per heavy atom. The van der Waals surface area contributed by atoms with Crippen LogP contribution in [0.3, 0.4) is 0 Å². The van der Waals surface area contributed by atoms with E-state index in [1.54, 1.807) is 0 Å². The van der Waals surface area contributed by atoms with Gasteiger partial charge in [-0.05, 0) is 0 Å². The molecular weight excluding hydrogens is 384 g/mol. The molecule has 6 atom stereocenters. The highest BCUT2D eigenvalue weighted by molar-refractivity contribution is 5.86. The van der Waals surface area contributed by atoms with E-state index in [9.17, 15) is 28.8 Å². The summed E-state index contributed by atoms with van der Waals surface area (Å²) in [6.45, 7) is 6.45. The minimum atomic E-state index is -1.02. The Morgan fingerprint density at radius 3 is 0.897 bits per heavy atom. The van der Waals surface area contributed by atoms with Gasteiger partial charge in [-0.2, -0.15) is 0 Å². The van der Waals surface area contributed by atoms with E-state index in [-0.39, 0.29) is 0 Å². The van der Waals surface area contributed by atoms with Gasteiger partial charge in [0.2, 0.25) is 35.9 Å². The molecule has 5 rings (SSSR count). The number of hydrogen-bond acceptors (Lipinski definition) is 6. The molecule has 6 amide bonds. The molecule has 156 valence electrons. The first-order chi connectivity index (χ1) is 13.6. The van der Waals surface area contributed by atoms with E-state index in [4.69, 9.17) is 0 Å². The van der Waals surface area contributed by atoms with Gasteiger partial charge in [0.05, 0.1) is 0 Å². The second kappa shape index (κ2) is 5.91. The lowest BCUT2D eigenvalue weighted by Crippen LogP contribution is -2.75. The molecule has 29 heavy (non-hydrogen) atoms. The zero-order valence-electron chi connectivity index (χ0n) is 16.7. The van der Waals surface area contributed by atoms with E-state index < -0.39 is 66.5 Å². The van der Waals surface area contributed by atoms with Crippen LogP contribution in [0.4, 0.5) is 0 Å². The van der Waals surface area contributed by atoms with Gasteiger partial charge >= 0.3 is 0 Å². The predicted octanol–water partition coefficient (Wildman–Crippen LogP) is -2.30. The number of piperazine rings is 1. The van der Waals surface area contributed by atoms with Crippen molar-refractivity contribution in [3.8, 4) is 0 Å². The largest absolute Gasteiger partial charge is 0.296 e. The molecule has 0 N–H and O–H groups in total. The van der Waals surface area contributed by atoms with Crippen LogP contribution in [0.15, 0.2) is 0 Å². The van der Waals surface area contributed by atoms with E-state index in [2.05, 4.69) is 0 Å². The van der Waals surface area contributed by atoms with Crippen molar-refractivity contribution in [2.45, 2.75) is 71.6 Å². The van der Waals surface area contributed by atoms with Gasteiger partial charge in [-0.1, -0.05) is 0 Å². The molecule has 5 saturated heterocycles. The van der Waals surface area contributed by atoms with Crippen molar-refractivity contribution >= 4 is 35.9 Å². The van der Waals surface area contributed by atoms with Crippen LogP contribution in [0, 0.1) is 0 Å². The van der Waals surface area contributed by atoms with Crippen LogP contribution in [-0.2, 0) is 28.8 Å². The molecule has 0 spiro atoms. The minimum absolute atomic E-state index is 0.437. The fourth-order valence-corrected chi connectivity index (χ4v) is 5.49. The summed E-state index contributed by atoms with van der Waals surface area (Å²) in [6, 6.07) is 0. The van der Waals surface area contributed by atoms with Crippen molar-refractivity contribution in [2.75, 3.05) is 0 Å². The van der Waals surface area contributed by atoms with Crippen molar-refractivity contribution in [3.05, 3.63) is 0 Å². The van der Waals surface area contributed by atoms with Gasteiger partial charge in [0.25, 0.3) is 0 Å². The van der Waals surface area contributed by atoms with Crippen LogP contribution < -0.4 is 0 Å². The minimum Gasteiger partial charge on any atom is -0.296 e. The molecule has 0 saturated carbocycles. The Hall–Kier alpha value is -3.18. The van der Waals surface area contributed by atoms with Crippen molar-refractivity contribution in [1.82, 2.24) is 29.4 Å². The first-order valence-corrected chi connectivity index (χ1v) is 9.23. The quantitative estimate of drug-likeness (QED) is 0.452. The lowest BCUT2D eigenvalue weighted by molar-refractivity contribution is -0.183. The Balaban J connectivity index is 2.10. The van der Waals surface area contributed by atoms with E-state index >= 15 is 0 Å². The average molecular weight is 406 g/mol. The van der Waals surface area contributed by atoms with Gasteiger partial charge in [-0.15, -0.1) is 0 Å². The van der Waals surface area contributed by atoms with Gasteiger partial charge in [-0.3, -0.25) is 58.2 Å². The van der Waals surface area contributed by atoms with Gasteiger partial charge in [0.15, 0.2) is 37.0 Å². The van der Waals surface area contributed by atoms with Crippen LogP contribution in [-0.4, -0.2) is 102 Å². The van der Waals surface area contributed by atoms with E-state index in [1.165, 1.54) is 64.0 Å². The molecule has 0 unspecified atom stereocenters. The number of rotatable bonds is 1. The highest BCUT2D eigenvalue weighted by Gasteiger charge is 2.75. The third kappa shape index (κ3) is 2.08. The zero-order valence-corrected chi connectivity index (χ0v) is 16.7. The number of carbonyl (C=O) groups excluding carboxylic acids is 6. The molecule has 5 aliphatic heterocycles. The van der Waals surface area contributed by atoms with Crippen LogP contribution in [0.1, 0.15) is 34.6 Å². The molecule has 5 fully saturated rings. The van der Waals surface area contributed by atoms with Gasteiger partial charge < -0.3 is 0 Å². The molecule has 12 heteroatoms. The Labute approximate surface area is 166 Å². The summed E-state index contributed by atoms with van der Waals surface area (Å²) >= 11 is 0. The normalized spacial score (nSPS) is 34.1. The second-order valence-corrected chi connectivity index (χ2v) is 7.67. The van der Waals surface area contributed by atoms with Crippen LogP contribution in [0.2, 0.25) is 0 Å². The first kappa shape index (κ1) is 19.2. The molecule has 5 heterocycles. The average Bonchev–Trinajstić information content (AvgIpc) is 3.04. The molecule has 5 aliphatic rings. The summed E-state index contributed by atoms with van der Waals surface area (Å²) in [7, 11) is 0. The SMILES string of the molecule is CC(=O)N1[C@@H]2[C@@H]3N(C=O)[C@@H]4[C@H]1N(C(C)=O)[C@H]([C@H](N2C(C)=O)N3C(C)=O)N4C(C)=O. The molecule has 0 aromatic carbocycles. The number of amides is 6. The van der Waals surface area contributed by atoms with Crippen LogP contribution in [0.5, 0.6) is 0 Å². The lowest BCUT2D eigenvalue weighted by Gasteiger charge is -2.53. The first-order valence-electron chi connectivity index (χ1n) is 9.23.